The van der Waals surface area contributed by atoms with Crippen molar-refractivity contribution in [2.75, 3.05) is 26.8 Å². The molecule has 0 aliphatic heterocycles. The molecule has 8 nitrogen and oxygen atoms in total. The van der Waals surface area contributed by atoms with E-state index in [1.54, 1.807) is 43.2 Å². The molecule has 220 valence electrons. The standard InChI is InChI=1S/C31H38ClN3O5S/c1-3-34-41(38,39)28-17-12-24(13-18-28)14-19-30(36)35(23-26-10-15-27(32)16-11-26)29(22-25-8-5-4-6-9-25)31(37)33-20-7-21-40-2/h4-6,8-13,15-18,29,34H,3,7,14,19-23H2,1-2H3,(H,33,37)/t29-/m1/s1. The van der Waals surface area contributed by atoms with Gasteiger partial charge in [-0.25, -0.2) is 13.1 Å². The van der Waals surface area contributed by atoms with Gasteiger partial charge < -0.3 is 15.0 Å². The third-order valence-corrected chi connectivity index (χ3v) is 8.37. The van der Waals surface area contributed by atoms with Gasteiger partial charge in [-0.3, -0.25) is 9.59 Å². The molecule has 0 aliphatic rings. The van der Waals surface area contributed by atoms with Crippen LogP contribution >= 0.6 is 11.6 Å². The highest BCUT2D eigenvalue weighted by Gasteiger charge is 2.30. The Morgan fingerprint density at radius 1 is 0.927 bits per heavy atom. The zero-order chi connectivity index (χ0) is 29.7. The molecule has 0 saturated heterocycles. The number of carbonyl (C=O) groups excluding carboxylic acids is 2. The zero-order valence-corrected chi connectivity index (χ0v) is 25.1. The van der Waals surface area contributed by atoms with Gasteiger partial charge >= 0.3 is 0 Å². The van der Waals surface area contributed by atoms with E-state index in [0.717, 1.165) is 16.7 Å². The summed E-state index contributed by atoms with van der Waals surface area (Å²) in [6, 6.07) is 22.6. The molecule has 0 fully saturated rings. The Hall–Kier alpha value is -3.24. The van der Waals surface area contributed by atoms with E-state index >= 15 is 0 Å². The number of hydrogen-bond acceptors (Lipinski definition) is 5. The van der Waals surface area contributed by atoms with Crippen LogP contribution in [0.15, 0.2) is 83.8 Å². The Morgan fingerprint density at radius 3 is 2.22 bits per heavy atom. The number of amides is 2. The molecule has 0 aromatic heterocycles. The van der Waals surface area contributed by atoms with E-state index in [2.05, 4.69) is 10.0 Å². The molecule has 0 aliphatic carbocycles. The second-order valence-corrected chi connectivity index (χ2v) is 11.8. The maximum atomic E-state index is 13.8. The molecule has 0 bridgehead atoms. The van der Waals surface area contributed by atoms with Gasteiger partial charge in [-0.15, -0.1) is 0 Å². The van der Waals surface area contributed by atoms with Crippen molar-refractivity contribution in [2.45, 2.75) is 50.1 Å². The molecule has 0 saturated carbocycles. The summed E-state index contributed by atoms with van der Waals surface area (Å²) in [5.74, 6) is -0.414. The molecule has 10 heteroatoms. The first-order valence-electron chi connectivity index (χ1n) is 13.7. The topological polar surface area (TPSA) is 105 Å². The quantitative estimate of drug-likeness (QED) is 0.238. The van der Waals surface area contributed by atoms with E-state index in [1.807, 2.05) is 42.5 Å². The lowest BCUT2D eigenvalue weighted by atomic mass is 10.0. The summed E-state index contributed by atoms with van der Waals surface area (Å²) < 4.78 is 32.1. The molecule has 0 heterocycles. The number of halogens is 1. The molecular formula is C31H38ClN3O5S. The van der Waals surface area contributed by atoms with Crippen molar-refractivity contribution >= 4 is 33.4 Å². The maximum absolute atomic E-state index is 13.8. The van der Waals surface area contributed by atoms with E-state index in [0.29, 0.717) is 44.0 Å². The summed E-state index contributed by atoms with van der Waals surface area (Å²) >= 11 is 6.09. The zero-order valence-electron chi connectivity index (χ0n) is 23.5. The largest absolute Gasteiger partial charge is 0.385 e. The first-order chi connectivity index (χ1) is 19.7. The first kappa shape index (κ1) is 32.3. The number of carbonyl (C=O) groups is 2. The lowest BCUT2D eigenvalue weighted by Gasteiger charge is -2.31. The van der Waals surface area contributed by atoms with Crippen molar-refractivity contribution in [2.24, 2.45) is 0 Å². The number of ether oxygens (including phenoxy) is 1. The van der Waals surface area contributed by atoms with Crippen molar-refractivity contribution in [1.82, 2.24) is 14.9 Å². The van der Waals surface area contributed by atoms with Crippen LogP contribution in [0.25, 0.3) is 0 Å². The predicted molar refractivity (Wildman–Crippen MR) is 161 cm³/mol. The first-order valence-corrected chi connectivity index (χ1v) is 15.5. The highest BCUT2D eigenvalue weighted by atomic mass is 35.5. The lowest BCUT2D eigenvalue weighted by molar-refractivity contribution is -0.141. The maximum Gasteiger partial charge on any atom is 0.243 e. The van der Waals surface area contributed by atoms with Crippen LogP contribution in [0.3, 0.4) is 0 Å². The average Bonchev–Trinajstić information content (AvgIpc) is 2.97. The van der Waals surface area contributed by atoms with Gasteiger partial charge in [0.2, 0.25) is 21.8 Å². The highest BCUT2D eigenvalue weighted by Crippen LogP contribution is 2.19. The molecular weight excluding hydrogens is 562 g/mol. The van der Waals surface area contributed by atoms with Gasteiger partial charge in [-0.2, -0.15) is 0 Å². The smallest absolute Gasteiger partial charge is 0.243 e. The number of nitrogens with one attached hydrogen (secondary N) is 2. The molecule has 3 aromatic carbocycles. The summed E-state index contributed by atoms with van der Waals surface area (Å²) in [6.07, 6.45) is 1.55. The van der Waals surface area contributed by atoms with E-state index in [-0.39, 0.29) is 29.7 Å². The second kappa shape index (κ2) is 16.3. The van der Waals surface area contributed by atoms with Crippen molar-refractivity contribution in [3.05, 3.63) is 101 Å². The predicted octanol–water partition coefficient (Wildman–Crippen LogP) is 4.36. The molecule has 1 atom stereocenters. The fraction of sp³-hybridized carbons (Fsp3) is 0.355. The van der Waals surface area contributed by atoms with Crippen LogP contribution in [0.4, 0.5) is 0 Å². The van der Waals surface area contributed by atoms with Gasteiger partial charge in [-0.05, 0) is 53.8 Å². The third kappa shape index (κ3) is 10.3. The Bertz CT molecular complexity index is 1350. The van der Waals surface area contributed by atoms with Crippen LogP contribution in [0.1, 0.15) is 36.5 Å². The fourth-order valence-corrected chi connectivity index (χ4v) is 5.56. The van der Waals surface area contributed by atoms with Gasteiger partial charge in [-0.1, -0.05) is 73.1 Å². The van der Waals surface area contributed by atoms with Gasteiger partial charge in [0.1, 0.15) is 6.04 Å². The summed E-state index contributed by atoms with van der Waals surface area (Å²) in [5.41, 5.74) is 2.62. The van der Waals surface area contributed by atoms with Crippen LogP contribution in [0.2, 0.25) is 5.02 Å². The Kier molecular flexibility index (Phi) is 12.8. The summed E-state index contributed by atoms with van der Waals surface area (Å²) in [6.45, 7) is 3.21. The minimum atomic E-state index is -3.56. The minimum absolute atomic E-state index is 0.148. The molecule has 41 heavy (non-hydrogen) atoms. The highest BCUT2D eigenvalue weighted by molar-refractivity contribution is 7.89. The van der Waals surface area contributed by atoms with Crippen molar-refractivity contribution < 1.29 is 22.7 Å². The molecule has 0 unspecified atom stereocenters. The Morgan fingerprint density at radius 2 is 1.59 bits per heavy atom. The van der Waals surface area contributed by atoms with E-state index < -0.39 is 16.1 Å². The second-order valence-electron chi connectivity index (χ2n) is 9.64. The van der Waals surface area contributed by atoms with E-state index in [1.165, 1.54) is 12.1 Å². The van der Waals surface area contributed by atoms with Crippen molar-refractivity contribution in [3.63, 3.8) is 0 Å². The SMILES string of the molecule is CCNS(=O)(=O)c1ccc(CCC(=O)N(Cc2ccc(Cl)cc2)[C@H](Cc2ccccc2)C(=O)NCCCOC)cc1. The third-order valence-electron chi connectivity index (χ3n) is 6.56. The van der Waals surface area contributed by atoms with Crippen LogP contribution in [0, 0.1) is 0 Å². The van der Waals surface area contributed by atoms with Crippen molar-refractivity contribution in [1.29, 1.82) is 0 Å². The number of aryl methyl sites for hydroxylation is 1. The molecule has 0 spiro atoms. The number of nitrogens with zero attached hydrogens (tertiary/aromatic N) is 1. The molecule has 2 amide bonds. The molecule has 3 aromatic rings. The summed E-state index contributed by atoms with van der Waals surface area (Å²) in [5, 5.41) is 3.56. The van der Waals surface area contributed by atoms with Crippen LogP contribution in [0.5, 0.6) is 0 Å². The minimum Gasteiger partial charge on any atom is -0.385 e. The summed E-state index contributed by atoms with van der Waals surface area (Å²) in [4.78, 5) is 29.1. The number of hydrogen-bond donors (Lipinski definition) is 2. The molecule has 3 rings (SSSR count). The molecule has 0 radical (unpaired) electrons. The number of methoxy groups -OCH3 is 1. The van der Waals surface area contributed by atoms with E-state index in [9.17, 15) is 18.0 Å². The van der Waals surface area contributed by atoms with Crippen molar-refractivity contribution in [3.8, 4) is 0 Å². The number of benzene rings is 3. The van der Waals surface area contributed by atoms with Gasteiger partial charge in [0.05, 0.1) is 4.90 Å². The lowest BCUT2D eigenvalue weighted by Crippen LogP contribution is -2.50. The monoisotopic (exact) mass is 599 g/mol. The molecule has 2 N–H and O–H groups in total. The van der Waals surface area contributed by atoms with E-state index in [4.69, 9.17) is 16.3 Å². The normalized spacial score (nSPS) is 12.1. The van der Waals surface area contributed by atoms with Crippen LogP contribution < -0.4 is 10.0 Å². The Labute approximate surface area is 248 Å². The number of rotatable bonds is 16. The Balaban J connectivity index is 1.84. The number of sulfonamides is 1. The van der Waals surface area contributed by atoms with Gasteiger partial charge in [0.25, 0.3) is 0 Å². The average molecular weight is 600 g/mol. The fourth-order valence-electron chi connectivity index (χ4n) is 4.39. The van der Waals surface area contributed by atoms with Crippen LogP contribution in [-0.2, 0) is 43.7 Å². The van der Waals surface area contributed by atoms with Gasteiger partial charge in [0, 0.05) is 51.2 Å². The van der Waals surface area contributed by atoms with Crippen LogP contribution in [-0.4, -0.2) is 58.0 Å². The van der Waals surface area contributed by atoms with Gasteiger partial charge in [0.15, 0.2) is 0 Å². The summed E-state index contributed by atoms with van der Waals surface area (Å²) in [7, 11) is -1.95.